The lowest BCUT2D eigenvalue weighted by atomic mass is 9.89. The Morgan fingerprint density at radius 3 is 2.60 bits per heavy atom. The minimum Gasteiger partial charge on any atom is -0.492 e. The number of aryl methyl sites for hydroxylation is 1. The number of nitrogens with zero attached hydrogens (tertiary/aromatic N) is 3. The van der Waals surface area contributed by atoms with Crippen molar-refractivity contribution < 1.29 is 4.74 Å². The van der Waals surface area contributed by atoms with Gasteiger partial charge in [-0.2, -0.15) is 5.10 Å². The van der Waals surface area contributed by atoms with Crippen LogP contribution in [0.25, 0.3) is 0 Å². The number of ether oxygens (including phenoxy) is 1. The number of likely N-dealkylation sites (tertiary alicyclic amines) is 1. The Bertz CT molecular complexity index is 884. The van der Waals surface area contributed by atoms with Gasteiger partial charge in [-0.15, -0.1) is 0 Å². The first kappa shape index (κ1) is 20.7. The maximum Gasteiger partial charge on any atom is 0.122 e. The monoisotopic (exact) mass is 403 g/mol. The van der Waals surface area contributed by atoms with Crippen LogP contribution in [-0.4, -0.2) is 40.9 Å². The molecule has 2 aromatic carbocycles. The molecular weight excluding hydrogens is 370 g/mol. The third-order valence-corrected chi connectivity index (χ3v) is 6.08. The number of piperidine rings is 1. The van der Waals surface area contributed by atoms with Crippen molar-refractivity contribution in [1.29, 1.82) is 0 Å². The molecule has 158 valence electrons. The molecule has 4 nitrogen and oxygen atoms in total. The molecule has 3 aromatic rings. The number of rotatable bonds is 9. The third-order valence-electron chi connectivity index (χ3n) is 6.08. The van der Waals surface area contributed by atoms with Gasteiger partial charge >= 0.3 is 0 Å². The highest BCUT2D eigenvalue weighted by atomic mass is 16.5. The molecule has 1 aliphatic rings. The lowest BCUT2D eigenvalue weighted by Crippen LogP contribution is -2.35. The van der Waals surface area contributed by atoms with Gasteiger partial charge < -0.3 is 4.74 Å². The summed E-state index contributed by atoms with van der Waals surface area (Å²) in [4.78, 5) is 2.55. The van der Waals surface area contributed by atoms with Crippen molar-refractivity contribution in [2.45, 2.75) is 45.1 Å². The summed E-state index contributed by atoms with van der Waals surface area (Å²) in [6, 6.07) is 19.6. The fraction of sp³-hybridized carbons (Fsp3) is 0.423. The van der Waals surface area contributed by atoms with Crippen LogP contribution in [0, 0.1) is 0 Å². The summed E-state index contributed by atoms with van der Waals surface area (Å²) in [7, 11) is 0. The van der Waals surface area contributed by atoms with Crippen molar-refractivity contribution in [2.75, 3.05) is 26.2 Å². The van der Waals surface area contributed by atoms with E-state index in [9.17, 15) is 0 Å². The lowest BCUT2D eigenvalue weighted by Gasteiger charge is -2.32. The first-order chi connectivity index (χ1) is 14.8. The Morgan fingerprint density at radius 1 is 1.03 bits per heavy atom. The van der Waals surface area contributed by atoms with Crippen molar-refractivity contribution in [1.82, 2.24) is 14.7 Å². The molecule has 0 N–H and O–H groups in total. The van der Waals surface area contributed by atoms with Gasteiger partial charge in [0.25, 0.3) is 0 Å². The molecule has 30 heavy (non-hydrogen) atoms. The van der Waals surface area contributed by atoms with E-state index in [1.807, 2.05) is 23.1 Å². The first-order valence-electron chi connectivity index (χ1n) is 11.3. The van der Waals surface area contributed by atoms with Crippen LogP contribution in [-0.2, 0) is 13.0 Å². The summed E-state index contributed by atoms with van der Waals surface area (Å²) in [5, 5.41) is 4.32. The predicted molar refractivity (Wildman–Crippen MR) is 122 cm³/mol. The highest BCUT2D eigenvalue weighted by Gasteiger charge is 2.20. The topological polar surface area (TPSA) is 30.3 Å². The highest BCUT2D eigenvalue weighted by molar-refractivity contribution is 5.38. The smallest absolute Gasteiger partial charge is 0.122 e. The van der Waals surface area contributed by atoms with Crippen LogP contribution < -0.4 is 4.74 Å². The Kier molecular flexibility index (Phi) is 7.20. The van der Waals surface area contributed by atoms with E-state index in [-0.39, 0.29) is 0 Å². The molecule has 0 aliphatic carbocycles. The van der Waals surface area contributed by atoms with Crippen molar-refractivity contribution in [3.05, 3.63) is 83.7 Å². The van der Waals surface area contributed by atoms with Crippen LogP contribution in [0.1, 0.15) is 48.8 Å². The van der Waals surface area contributed by atoms with Gasteiger partial charge in [-0.05, 0) is 67.1 Å². The van der Waals surface area contributed by atoms with Crippen LogP contribution in [0.5, 0.6) is 5.75 Å². The van der Waals surface area contributed by atoms with E-state index in [0.717, 1.165) is 51.4 Å². The van der Waals surface area contributed by atoms with Crippen molar-refractivity contribution in [2.24, 2.45) is 0 Å². The fourth-order valence-corrected chi connectivity index (χ4v) is 4.39. The summed E-state index contributed by atoms with van der Waals surface area (Å²) in [6.45, 7) is 7.06. The molecular formula is C26H33N3O. The summed E-state index contributed by atoms with van der Waals surface area (Å²) < 4.78 is 8.25. The number of hydrogen-bond acceptors (Lipinski definition) is 3. The molecule has 4 heteroatoms. The van der Waals surface area contributed by atoms with Crippen molar-refractivity contribution >= 4 is 0 Å². The average molecular weight is 404 g/mol. The van der Waals surface area contributed by atoms with Gasteiger partial charge in [0.2, 0.25) is 0 Å². The number of benzene rings is 2. The van der Waals surface area contributed by atoms with Gasteiger partial charge in [-0.3, -0.25) is 9.58 Å². The molecule has 1 aromatic heterocycles. The van der Waals surface area contributed by atoms with Gasteiger partial charge in [-0.1, -0.05) is 55.8 Å². The van der Waals surface area contributed by atoms with Crippen LogP contribution in [0.15, 0.2) is 67.0 Å². The minimum atomic E-state index is 0.707. The van der Waals surface area contributed by atoms with Gasteiger partial charge in [0.15, 0.2) is 0 Å². The zero-order valence-corrected chi connectivity index (χ0v) is 18.0. The zero-order chi connectivity index (χ0) is 20.6. The largest absolute Gasteiger partial charge is 0.492 e. The SMILES string of the molecule is CCCc1ccc(Cn2cccn2)cc1OCCN1CCC(c2ccccc2)CC1. The highest BCUT2D eigenvalue weighted by Crippen LogP contribution is 2.28. The molecule has 0 amide bonds. The second-order valence-corrected chi connectivity index (χ2v) is 8.27. The second kappa shape index (κ2) is 10.4. The van der Waals surface area contributed by atoms with Gasteiger partial charge in [0, 0.05) is 18.9 Å². The summed E-state index contributed by atoms with van der Waals surface area (Å²) in [5.41, 5.74) is 4.04. The summed E-state index contributed by atoms with van der Waals surface area (Å²) in [5.74, 6) is 1.75. The molecule has 1 fully saturated rings. The Balaban J connectivity index is 1.29. The molecule has 0 atom stereocenters. The van der Waals surface area contributed by atoms with Crippen molar-refractivity contribution in [3.63, 3.8) is 0 Å². The van der Waals surface area contributed by atoms with Crippen LogP contribution >= 0.6 is 0 Å². The number of hydrogen-bond donors (Lipinski definition) is 0. The van der Waals surface area contributed by atoms with Gasteiger partial charge in [0.05, 0.1) is 6.54 Å². The molecule has 2 heterocycles. The molecule has 1 saturated heterocycles. The summed E-state index contributed by atoms with van der Waals surface area (Å²) >= 11 is 0. The maximum absolute atomic E-state index is 6.29. The lowest BCUT2D eigenvalue weighted by molar-refractivity contribution is 0.173. The maximum atomic E-state index is 6.29. The van der Waals surface area contributed by atoms with Crippen LogP contribution in [0.4, 0.5) is 0 Å². The van der Waals surface area contributed by atoms with Crippen molar-refractivity contribution in [3.8, 4) is 5.75 Å². The molecule has 0 radical (unpaired) electrons. The fourth-order valence-electron chi connectivity index (χ4n) is 4.39. The molecule has 0 spiro atoms. The van der Waals surface area contributed by atoms with Gasteiger partial charge in [-0.25, -0.2) is 0 Å². The van der Waals surface area contributed by atoms with E-state index in [1.54, 1.807) is 0 Å². The quantitative estimate of drug-likeness (QED) is 0.495. The van der Waals surface area contributed by atoms with E-state index in [4.69, 9.17) is 4.74 Å². The Labute approximate surface area is 180 Å². The van der Waals surface area contributed by atoms with E-state index < -0.39 is 0 Å². The average Bonchev–Trinajstić information content (AvgIpc) is 3.30. The Hall–Kier alpha value is -2.59. The van der Waals surface area contributed by atoms with Gasteiger partial charge in [0.1, 0.15) is 12.4 Å². The van der Waals surface area contributed by atoms with Crippen LogP contribution in [0.2, 0.25) is 0 Å². The molecule has 1 aliphatic heterocycles. The second-order valence-electron chi connectivity index (χ2n) is 8.27. The standard InChI is InChI=1S/C26H33N3O/c1-2-7-25-11-10-22(21-29-15-6-14-27-29)20-26(25)30-19-18-28-16-12-24(13-17-28)23-8-4-3-5-9-23/h3-6,8-11,14-15,20,24H,2,7,12-13,16-19,21H2,1H3. The first-order valence-corrected chi connectivity index (χ1v) is 11.3. The zero-order valence-electron chi connectivity index (χ0n) is 18.0. The number of aromatic nitrogens is 2. The molecule has 4 rings (SSSR count). The summed E-state index contributed by atoms with van der Waals surface area (Å²) in [6.07, 6.45) is 8.49. The van der Waals surface area contributed by atoms with E-state index in [2.05, 4.69) is 65.5 Å². The Morgan fingerprint density at radius 2 is 1.87 bits per heavy atom. The van der Waals surface area contributed by atoms with E-state index >= 15 is 0 Å². The molecule has 0 saturated carbocycles. The van der Waals surface area contributed by atoms with Crippen LogP contribution in [0.3, 0.4) is 0 Å². The van der Waals surface area contributed by atoms with E-state index in [0.29, 0.717) is 5.92 Å². The minimum absolute atomic E-state index is 0.707. The van der Waals surface area contributed by atoms with E-state index in [1.165, 1.54) is 29.5 Å². The predicted octanol–water partition coefficient (Wildman–Crippen LogP) is 5.14. The third kappa shape index (κ3) is 5.51. The normalized spacial score (nSPS) is 15.4. The molecule has 0 bridgehead atoms. The molecule has 0 unspecified atom stereocenters.